The van der Waals surface area contributed by atoms with E-state index in [1.807, 2.05) is 48.5 Å². The fourth-order valence-corrected chi connectivity index (χ4v) is 3.19. The van der Waals surface area contributed by atoms with E-state index in [9.17, 15) is 4.79 Å². The number of hydrogen-bond acceptors (Lipinski definition) is 6. The normalized spacial score (nSPS) is 10.8. The number of carbonyl (C=O) groups is 1. The van der Waals surface area contributed by atoms with Crippen molar-refractivity contribution in [3.8, 4) is 5.88 Å². The van der Waals surface area contributed by atoms with Crippen molar-refractivity contribution in [3.05, 3.63) is 54.9 Å². The number of nitrogens with one attached hydrogen (secondary N) is 1. The number of anilines is 1. The van der Waals surface area contributed by atoms with Gasteiger partial charge in [0, 0.05) is 0 Å². The second kappa shape index (κ2) is 6.21. The van der Waals surface area contributed by atoms with Crippen molar-refractivity contribution in [1.29, 1.82) is 0 Å². The Morgan fingerprint density at radius 3 is 2.71 bits per heavy atom. The number of amides is 1. The number of aromatic nitrogens is 3. The van der Waals surface area contributed by atoms with Crippen molar-refractivity contribution in [1.82, 2.24) is 15.0 Å². The van der Waals surface area contributed by atoms with E-state index in [1.54, 1.807) is 0 Å². The average molecular weight is 336 g/mol. The smallest absolute Gasteiger partial charge is 0.264 e. The average Bonchev–Trinajstić information content (AvgIpc) is 3.02. The van der Waals surface area contributed by atoms with Gasteiger partial charge in [0.2, 0.25) is 5.88 Å². The molecule has 0 saturated heterocycles. The SMILES string of the molecule is O=C(COc1ncnc2ccccc12)Nc1nc2ccccc2s1. The van der Waals surface area contributed by atoms with Gasteiger partial charge < -0.3 is 4.74 Å². The summed E-state index contributed by atoms with van der Waals surface area (Å²) in [5.74, 6) is 0.108. The molecule has 0 radical (unpaired) electrons. The van der Waals surface area contributed by atoms with Crippen LogP contribution in [0.15, 0.2) is 54.9 Å². The summed E-state index contributed by atoms with van der Waals surface area (Å²) < 4.78 is 6.56. The van der Waals surface area contributed by atoms with Gasteiger partial charge in [-0.25, -0.2) is 15.0 Å². The summed E-state index contributed by atoms with van der Waals surface area (Å²) in [4.78, 5) is 24.7. The lowest BCUT2D eigenvalue weighted by Crippen LogP contribution is -2.20. The molecule has 0 aliphatic rings. The van der Waals surface area contributed by atoms with Crippen LogP contribution in [-0.2, 0) is 4.79 Å². The van der Waals surface area contributed by atoms with Crippen LogP contribution in [0.5, 0.6) is 5.88 Å². The van der Waals surface area contributed by atoms with E-state index in [0.717, 1.165) is 21.1 Å². The number of nitrogens with zero attached hydrogens (tertiary/aromatic N) is 3. The van der Waals surface area contributed by atoms with Crippen LogP contribution in [0, 0.1) is 0 Å². The first-order valence-corrected chi connectivity index (χ1v) is 8.09. The van der Waals surface area contributed by atoms with E-state index in [-0.39, 0.29) is 12.5 Å². The van der Waals surface area contributed by atoms with Gasteiger partial charge in [0.15, 0.2) is 11.7 Å². The van der Waals surface area contributed by atoms with E-state index in [2.05, 4.69) is 20.3 Å². The number of hydrogen-bond donors (Lipinski definition) is 1. The molecule has 0 unspecified atom stereocenters. The van der Waals surface area contributed by atoms with Gasteiger partial charge in [-0.15, -0.1) is 0 Å². The molecule has 2 aromatic carbocycles. The zero-order valence-corrected chi connectivity index (χ0v) is 13.3. The molecule has 118 valence electrons. The molecule has 1 amide bonds. The maximum atomic E-state index is 12.1. The highest BCUT2D eigenvalue weighted by Crippen LogP contribution is 2.25. The van der Waals surface area contributed by atoms with Crippen molar-refractivity contribution in [2.75, 3.05) is 11.9 Å². The van der Waals surface area contributed by atoms with Crippen LogP contribution in [0.3, 0.4) is 0 Å². The molecule has 7 heteroatoms. The zero-order valence-electron chi connectivity index (χ0n) is 12.5. The number of rotatable bonds is 4. The summed E-state index contributed by atoms with van der Waals surface area (Å²) in [6.07, 6.45) is 1.42. The van der Waals surface area contributed by atoms with Crippen molar-refractivity contribution in [2.45, 2.75) is 0 Å². The standard InChI is InChI=1S/C17H12N4O2S/c22-15(21-17-20-13-7-3-4-8-14(13)24-17)9-23-16-11-5-1-2-6-12(11)18-10-19-16/h1-8,10H,9H2,(H,20,21,22). The quantitative estimate of drug-likeness (QED) is 0.619. The lowest BCUT2D eigenvalue weighted by atomic mass is 10.2. The van der Waals surface area contributed by atoms with Crippen LogP contribution >= 0.6 is 11.3 Å². The maximum absolute atomic E-state index is 12.1. The Kier molecular flexibility index (Phi) is 3.76. The number of para-hydroxylation sites is 2. The number of carbonyl (C=O) groups excluding carboxylic acids is 1. The maximum Gasteiger partial charge on any atom is 0.264 e. The first-order chi connectivity index (χ1) is 11.8. The Hall–Kier alpha value is -3.06. The molecule has 0 fully saturated rings. The highest BCUT2D eigenvalue weighted by Gasteiger charge is 2.10. The Morgan fingerprint density at radius 2 is 1.83 bits per heavy atom. The van der Waals surface area contributed by atoms with E-state index in [4.69, 9.17) is 4.74 Å². The third-order valence-electron chi connectivity index (χ3n) is 3.39. The molecule has 0 spiro atoms. The number of thiazole rings is 1. The first kappa shape index (κ1) is 14.5. The summed E-state index contributed by atoms with van der Waals surface area (Å²) in [5, 5.41) is 4.07. The Morgan fingerprint density at radius 1 is 1.04 bits per heavy atom. The molecular weight excluding hydrogens is 324 g/mol. The van der Waals surface area contributed by atoms with Crippen molar-refractivity contribution in [2.24, 2.45) is 0 Å². The van der Waals surface area contributed by atoms with Gasteiger partial charge in [-0.3, -0.25) is 10.1 Å². The van der Waals surface area contributed by atoms with Crippen LogP contribution in [0.1, 0.15) is 0 Å². The third-order valence-corrected chi connectivity index (χ3v) is 4.34. The Bertz CT molecular complexity index is 993. The Balaban J connectivity index is 1.46. The molecule has 2 heterocycles. The van der Waals surface area contributed by atoms with Crippen LogP contribution in [-0.4, -0.2) is 27.5 Å². The fraction of sp³-hybridized carbons (Fsp3) is 0.0588. The molecule has 0 aliphatic carbocycles. The zero-order chi connectivity index (χ0) is 16.4. The van der Waals surface area contributed by atoms with E-state index in [0.29, 0.717) is 11.0 Å². The molecule has 0 bridgehead atoms. The molecule has 24 heavy (non-hydrogen) atoms. The fourth-order valence-electron chi connectivity index (χ4n) is 2.31. The third kappa shape index (κ3) is 2.89. The molecule has 0 saturated carbocycles. The van der Waals surface area contributed by atoms with Crippen molar-refractivity contribution in [3.63, 3.8) is 0 Å². The van der Waals surface area contributed by atoms with Gasteiger partial charge in [-0.1, -0.05) is 35.6 Å². The van der Waals surface area contributed by atoms with Gasteiger partial charge in [-0.2, -0.15) is 0 Å². The van der Waals surface area contributed by atoms with Crippen LogP contribution < -0.4 is 10.1 Å². The summed E-state index contributed by atoms with van der Waals surface area (Å²) >= 11 is 1.43. The molecule has 4 rings (SSSR count). The lowest BCUT2D eigenvalue weighted by Gasteiger charge is -2.07. The molecule has 6 nitrogen and oxygen atoms in total. The van der Waals surface area contributed by atoms with Gasteiger partial charge in [0.05, 0.1) is 21.1 Å². The summed E-state index contributed by atoms with van der Waals surface area (Å²) in [6.45, 7) is -0.142. The van der Waals surface area contributed by atoms with Crippen LogP contribution in [0.4, 0.5) is 5.13 Å². The monoisotopic (exact) mass is 336 g/mol. The van der Waals surface area contributed by atoms with Gasteiger partial charge in [-0.05, 0) is 24.3 Å². The largest absolute Gasteiger partial charge is 0.467 e. The van der Waals surface area contributed by atoms with E-state index in [1.165, 1.54) is 17.7 Å². The molecule has 1 N–H and O–H groups in total. The number of benzene rings is 2. The minimum Gasteiger partial charge on any atom is -0.467 e. The molecular formula is C17H12N4O2S. The first-order valence-electron chi connectivity index (χ1n) is 7.27. The van der Waals surface area contributed by atoms with Gasteiger partial charge >= 0.3 is 0 Å². The van der Waals surface area contributed by atoms with Gasteiger partial charge in [0.25, 0.3) is 5.91 Å². The predicted molar refractivity (Wildman–Crippen MR) is 93.3 cm³/mol. The minimum atomic E-state index is -0.281. The number of ether oxygens (including phenoxy) is 1. The van der Waals surface area contributed by atoms with Crippen LogP contribution in [0.2, 0.25) is 0 Å². The Labute approximate surface area is 141 Å². The molecule has 0 aliphatic heterocycles. The van der Waals surface area contributed by atoms with Crippen molar-refractivity contribution >= 4 is 43.5 Å². The summed E-state index contributed by atoms with van der Waals surface area (Å²) in [5.41, 5.74) is 1.63. The van der Waals surface area contributed by atoms with E-state index >= 15 is 0 Å². The summed E-state index contributed by atoms with van der Waals surface area (Å²) in [7, 11) is 0. The topological polar surface area (TPSA) is 77.0 Å². The summed E-state index contributed by atoms with van der Waals surface area (Å²) in [6, 6.07) is 15.2. The minimum absolute atomic E-state index is 0.142. The van der Waals surface area contributed by atoms with Crippen molar-refractivity contribution < 1.29 is 9.53 Å². The van der Waals surface area contributed by atoms with Gasteiger partial charge in [0.1, 0.15) is 6.33 Å². The van der Waals surface area contributed by atoms with E-state index < -0.39 is 0 Å². The second-order valence-electron chi connectivity index (χ2n) is 5.02. The predicted octanol–water partition coefficient (Wildman–Crippen LogP) is 3.26. The molecule has 4 aromatic rings. The molecule has 0 atom stereocenters. The van der Waals surface area contributed by atoms with Crippen LogP contribution in [0.25, 0.3) is 21.1 Å². The highest BCUT2D eigenvalue weighted by atomic mass is 32.1. The second-order valence-corrected chi connectivity index (χ2v) is 6.05. The number of fused-ring (bicyclic) bond motifs is 2. The lowest BCUT2D eigenvalue weighted by molar-refractivity contribution is -0.118. The highest BCUT2D eigenvalue weighted by molar-refractivity contribution is 7.22. The molecule has 2 aromatic heterocycles.